The van der Waals surface area contributed by atoms with Crippen molar-refractivity contribution < 1.29 is 13.2 Å². The second-order valence-electron chi connectivity index (χ2n) is 4.51. The number of guanidine groups is 1. The molecule has 0 fully saturated rings. The number of carbonyl (C=O) groups excluding carboxylic acids is 1. The first kappa shape index (κ1) is 15.0. The minimum atomic E-state index is -3.53. The Hall–Kier alpha value is -2.42. The number of rotatable bonds is 3. The van der Waals surface area contributed by atoms with Gasteiger partial charge in [-0.2, -0.15) is 5.10 Å². The van der Waals surface area contributed by atoms with Crippen LogP contribution in [-0.4, -0.2) is 32.3 Å². The van der Waals surface area contributed by atoms with Crippen molar-refractivity contribution in [2.45, 2.75) is 12.8 Å². The van der Waals surface area contributed by atoms with Crippen LogP contribution in [0.25, 0.3) is 0 Å². The van der Waals surface area contributed by atoms with Crippen LogP contribution in [0.15, 0.2) is 33.8 Å². The van der Waals surface area contributed by atoms with Gasteiger partial charge in [-0.15, -0.1) is 4.40 Å². The molecule has 0 unspecified atom stereocenters. The van der Waals surface area contributed by atoms with Crippen molar-refractivity contribution in [3.63, 3.8) is 0 Å². The van der Waals surface area contributed by atoms with E-state index in [9.17, 15) is 13.2 Å². The lowest BCUT2D eigenvalue weighted by Crippen LogP contribution is -2.26. The third-order valence-corrected chi connectivity index (χ3v) is 3.19. The van der Waals surface area contributed by atoms with Gasteiger partial charge in [-0.05, 0) is 17.7 Å². The summed E-state index contributed by atoms with van der Waals surface area (Å²) in [5.41, 5.74) is 10.2. The third kappa shape index (κ3) is 4.56. The summed E-state index contributed by atoms with van der Waals surface area (Å²) >= 11 is 0. The van der Waals surface area contributed by atoms with E-state index in [1.165, 1.54) is 0 Å². The van der Waals surface area contributed by atoms with Gasteiger partial charge in [-0.3, -0.25) is 4.79 Å². The van der Waals surface area contributed by atoms with Crippen molar-refractivity contribution in [1.29, 1.82) is 0 Å². The fourth-order valence-electron chi connectivity index (χ4n) is 1.78. The molecule has 0 radical (unpaired) electrons. The van der Waals surface area contributed by atoms with E-state index in [1.807, 2.05) is 0 Å². The van der Waals surface area contributed by atoms with E-state index in [0.717, 1.165) is 17.5 Å². The van der Waals surface area contributed by atoms with E-state index in [4.69, 9.17) is 5.73 Å². The van der Waals surface area contributed by atoms with Crippen molar-refractivity contribution in [2.24, 2.45) is 15.2 Å². The van der Waals surface area contributed by atoms with Gasteiger partial charge in [0.1, 0.15) is 0 Å². The van der Waals surface area contributed by atoms with Crippen molar-refractivity contribution >= 4 is 33.3 Å². The number of nitrogens with two attached hydrogens (primary N) is 1. The van der Waals surface area contributed by atoms with Gasteiger partial charge in [-0.1, -0.05) is 12.1 Å². The fourth-order valence-corrected chi connectivity index (χ4v) is 2.18. The molecule has 112 valence electrons. The van der Waals surface area contributed by atoms with Crippen LogP contribution >= 0.6 is 0 Å². The smallest absolute Gasteiger partial charge is 0.253 e. The Morgan fingerprint density at radius 2 is 2.00 bits per heavy atom. The van der Waals surface area contributed by atoms with Crippen LogP contribution < -0.4 is 16.5 Å². The number of anilines is 1. The van der Waals surface area contributed by atoms with Crippen LogP contribution in [0.5, 0.6) is 0 Å². The SMILES string of the molecule is CS(=O)(=O)/N=C(\N)Nc1ccc(C2=NNC(=O)CC2)cc1. The van der Waals surface area contributed by atoms with Crippen LogP contribution in [-0.2, 0) is 14.8 Å². The van der Waals surface area contributed by atoms with Gasteiger partial charge < -0.3 is 11.1 Å². The summed E-state index contributed by atoms with van der Waals surface area (Å²) < 4.78 is 25.2. The normalized spacial score (nSPS) is 16.1. The zero-order chi connectivity index (χ0) is 15.5. The molecule has 1 amide bonds. The Morgan fingerprint density at radius 3 is 2.52 bits per heavy atom. The number of nitrogens with zero attached hydrogens (tertiary/aromatic N) is 2. The molecular weight excluding hydrogens is 294 g/mol. The molecule has 1 aromatic carbocycles. The monoisotopic (exact) mass is 309 g/mol. The molecule has 0 saturated carbocycles. The predicted molar refractivity (Wildman–Crippen MR) is 80.4 cm³/mol. The summed E-state index contributed by atoms with van der Waals surface area (Å²) in [6.07, 6.45) is 1.95. The Kier molecular flexibility index (Phi) is 4.22. The molecule has 0 aromatic heterocycles. The Bertz CT molecular complexity index is 707. The molecule has 2 rings (SSSR count). The zero-order valence-electron chi connectivity index (χ0n) is 11.3. The highest BCUT2D eigenvalue weighted by Gasteiger charge is 2.13. The number of nitrogens with one attached hydrogen (secondary N) is 2. The van der Waals surface area contributed by atoms with E-state index < -0.39 is 10.0 Å². The lowest BCUT2D eigenvalue weighted by Gasteiger charge is -2.12. The summed E-state index contributed by atoms with van der Waals surface area (Å²) in [5, 5.41) is 6.66. The molecule has 0 bridgehead atoms. The number of amides is 1. The van der Waals surface area contributed by atoms with Crippen molar-refractivity contribution in [3.05, 3.63) is 29.8 Å². The highest BCUT2D eigenvalue weighted by molar-refractivity contribution is 7.89. The lowest BCUT2D eigenvalue weighted by atomic mass is 10.0. The Labute approximate surface area is 122 Å². The largest absolute Gasteiger partial charge is 0.369 e. The highest BCUT2D eigenvalue weighted by Crippen LogP contribution is 2.14. The minimum Gasteiger partial charge on any atom is -0.369 e. The van der Waals surface area contributed by atoms with Gasteiger partial charge in [0.15, 0.2) is 0 Å². The van der Waals surface area contributed by atoms with Gasteiger partial charge in [0.25, 0.3) is 10.0 Å². The van der Waals surface area contributed by atoms with Crippen molar-refractivity contribution in [2.75, 3.05) is 11.6 Å². The predicted octanol–water partition coefficient (Wildman–Crippen LogP) is -0.0131. The number of hydrogen-bond acceptors (Lipinski definition) is 4. The number of benzene rings is 1. The molecule has 0 saturated heterocycles. The molecule has 1 aromatic rings. The molecule has 21 heavy (non-hydrogen) atoms. The number of hydrazone groups is 1. The topological polar surface area (TPSA) is 126 Å². The average Bonchev–Trinajstić information content (AvgIpc) is 2.38. The first-order valence-electron chi connectivity index (χ1n) is 6.12. The van der Waals surface area contributed by atoms with Crippen LogP contribution in [0.1, 0.15) is 18.4 Å². The molecule has 0 atom stereocenters. The minimum absolute atomic E-state index is 0.0956. The Morgan fingerprint density at radius 1 is 1.33 bits per heavy atom. The first-order chi connectivity index (χ1) is 9.83. The van der Waals surface area contributed by atoms with E-state index in [1.54, 1.807) is 24.3 Å². The molecule has 8 nitrogen and oxygen atoms in total. The van der Waals surface area contributed by atoms with Gasteiger partial charge in [0.2, 0.25) is 11.9 Å². The summed E-state index contributed by atoms with van der Waals surface area (Å²) in [6, 6.07) is 7.04. The summed E-state index contributed by atoms with van der Waals surface area (Å²) in [7, 11) is -3.53. The number of sulfonamides is 1. The van der Waals surface area contributed by atoms with E-state index >= 15 is 0 Å². The summed E-state index contributed by atoms with van der Waals surface area (Å²) in [5.74, 6) is -0.297. The standard InChI is InChI=1S/C12H15N5O3S/c1-21(19,20)17-12(13)14-9-4-2-8(3-5-9)10-6-7-11(18)16-15-10/h2-5H,6-7H2,1H3,(H,16,18)(H3,13,14,17). The van der Waals surface area contributed by atoms with E-state index in [-0.39, 0.29) is 11.9 Å². The molecule has 1 aliphatic rings. The first-order valence-corrected chi connectivity index (χ1v) is 7.96. The molecule has 0 aliphatic carbocycles. The molecule has 1 aliphatic heterocycles. The van der Waals surface area contributed by atoms with Crippen molar-refractivity contribution in [1.82, 2.24) is 5.43 Å². The lowest BCUT2D eigenvalue weighted by molar-refractivity contribution is -0.121. The van der Waals surface area contributed by atoms with E-state index in [0.29, 0.717) is 18.5 Å². The average molecular weight is 309 g/mol. The maximum absolute atomic E-state index is 11.0. The van der Waals surface area contributed by atoms with Gasteiger partial charge in [0.05, 0.1) is 12.0 Å². The molecule has 1 heterocycles. The highest BCUT2D eigenvalue weighted by atomic mass is 32.2. The molecule has 0 spiro atoms. The molecular formula is C12H15N5O3S. The number of carbonyl (C=O) groups is 1. The van der Waals surface area contributed by atoms with Gasteiger partial charge in [-0.25, -0.2) is 13.8 Å². The summed E-state index contributed by atoms with van der Waals surface area (Å²) in [4.78, 5) is 11.0. The summed E-state index contributed by atoms with van der Waals surface area (Å²) in [6.45, 7) is 0. The van der Waals surface area contributed by atoms with Crippen LogP contribution in [0.4, 0.5) is 5.69 Å². The quantitative estimate of drug-likeness (QED) is 0.534. The van der Waals surface area contributed by atoms with Gasteiger partial charge in [0, 0.05) is 18.5 Å². The van der Waals surface area contributed by atoms with Gasteiger partial charge >= 0.3 is 0 Å². The number of hydrogen-bond donors (Lipinski definition) is 3. The third-order valence-electron chi connectivity index (χ3n) is 2.66. The van der Waals surface area contributed by atoms with Crippen molar-refractivity contribution in [3.8, 4) is 0 Å². The molecule has 4 N–H and O–H groups in total. The fraction of sp³-hybridized carbons (Fsp3) is 0.250. The van der Waals surface area contributed by atoms with Crippen LogP contribution in [0.3, 0.4) is 0 Å². The zero-order valence-corrected chi connectivity index (χ0v) is 12.1. The molecule has 9 heteroatoms. The van der Waals surface area contributed by atoms with E-state index in [2.05, 4.69) is 20.2 Å². The van der Waals surface area contributed by atoms with Crippen LogP contribution in [0, 0.1) is 0 Å². The Balaban J connectivity index is 2.09. The maximum Gasteiger partial charge on any atom is 0.253 e. The maximum atomic E-state index is 11.0. The second-order valence-corrected chi connectivity index (χ2v) is 6.15. The van der Waals surface area contributed by atoms with Crippen LogP contribution in [0.2, 0.25) is 0 Å². The second kappa shape index (κ2) is 5.92.